The molecule has 0 saturated carbocycles. The van der Waals surface area contributed by atoms with E-state index < -0.39 is 23.9 Å². The van der Waals surface area contributed by atoms with Gasteiger partial charge >= 0.3 is 5.97 Å². The van der Waals surface area contributed by atoms with Crippen molar-refractivity contribution in [2.24, 2.45) is 11.8 Å². The van der Waals surface area contributed by atoms with Crippen LogP contribution in [-0.4, -0.2) is 45.8 Å². The number of aliphatic hydroxyl groups excluding tert-OH is 1. The van der Waals surface area contributed by atoms with Crippen molar-refractivity contribution in [1.82, 2.24) is 0 Å². The third-order valence-corrected chi connectivity index (χ3v) is 6.67. The maximum atomic E-state index is 12.8. The second-order valence-corrected chi connectivity index (χ2v) is 8.00. The summed E-state index contributed by atoms with van der Waals surface area (Å²) in [6, 6.07) is 5.30. The fourth-order valence-corrected chi connectivity index (χ4v) is 5.21. The molecule has 1 N–H and O–H groups in total. The summed E-state index contributed by atoms with van der Waals surface area (Å²) in [4.78, 5) is 12.8. The van der Waals surface area contributed by atoms with Gasteiger partial charge in [0.25, 0.3) is 0 Å². The Balaban J connectivity index is 1.78. The van der Waals surface area contributed by atoms with Crippen LogP contribution in [0.3, 0.4) is 0 Å². The van der Waals surface area contributed by atoms with E-state index in [1.165, 1.54) is 21.3 Å². The van der Waals surface area contributed by atoms with Crippen LogP contribution in [0.1, 0.15) is 28.7 Å². The zero-order valence-corrected chi connectivity index (χ0v) is 17.9. The molecule has 164 valence electrons. The second kappa shape index (κ2) is 7.39. The molecule has 9 heteroatoms. The van der Waals surface area contributed by atoms with E-state index in [0.29, 0.717) is 50.5 Å². The SMILES string of the molecule is COc1cc([C@@H]2c3cc4c(cc3[C@@H](O)[C@H]3COC(=O)[C@H]23)OCO4)c(Cl)c(OC)c1OC. The van der Waals surface area contributed by atoms with E-state index in [1.54, 1.807) is 18.2 Å². The summed E-state index contributed by atoms with van der Waals surface area (Å²) in [5.74, 6) is 0.191. The number of cyclic esters (lactones) is 1. The molecule has 3 aliphatic rings. The normalized spacial score (nSPS) is 25.5. The molecule has 2 aromatic carbocycles. The van der Waals surface area contributed by atoms with Crippen molar-refractivity contribution in [3.8, 4) is 28.7 Å². The summed E-state index contributed by atoms with van der Waals surface area (Å²) in [6.45, 7) is 0.218. The van der Waals surface area contributed by atoms with Gasteiger partial charge in [-0.3, -0.25) is 4.79 Å². The van der Waals surface area contributed by atoms with Crippen LogP contribution in [0.5, 0.6) is 28.7 Å². The molecule has 0 radical (unpaired) electrons. The Morgan fingerprint density at radius 3 is 2.26 bits per heavy atom. The number of benzene rings is 2. The fourth-order valence-electron chi connectivity index (χ4n) is 4.87. The number of esters is 1. The summed E-state index contributed by atoms with van der Waals surface area (Å²) in [5.41, 5.74) is 1.98. The van der Waals surface area contributed by atoms with Crippen LogP contribution in [0.2, 0.25) is 5.02 Å². The van der Waals surface area contributed by atoms with Crippen molar-refractivity contribution in [3.05, 3.63) is 39.9 Å². The Hall–Kier alpha value is -2.84. The molecule has 8 nitrogen and oxygen atoms in total. The van der Waals surface area contributed by atoms with Crippen LogP contribution in [-0.2, 0) is 9.53 Å². The first kappa shape index (κ1) is 20.1. The molecule has 0 unspecified atom stereocenters. The largest absolute Gasteiger partial charge is 0.493 e. The van der Waals surface area contributed by atoms with Gasteiger partial charge in [0.15, 0.2) is 23.0 Å². The molecule has 1 fully saturated rings. The maximum Gasteiger partial charge on any atom is 0.310 e. The van der Waals surface area contributed by atoms with Crippen molar-refractivity contribution >= 4 is 17.6 Å². The monoisotopic (exact) mass is 448 g/mol. The van der Waals surface area contributed by atoms with Crippen LogP contribution < -0.4 is 23.7 Å². The minimum Gasteiger partial charge on any atom is -0.493 e. The first-order valence-corrected chi connectivity index (χ1v) is 10.1. The summed E-state index contributed by atoms with van der Waals surface area (Å²) < 4.78 is 32.9. The third-order valence-electron chi connectivity index (χ3n) is 6.28. The molecule has 5 rings (SSSR count). The Labute approximate surface area is 183 Å². The zero-order valence-electron chi connectivity index (χ0n) is 17.1. The van der Waals surface area contributed by atoms with Crippen LogP contribution in [0.15, 0.2) is 18.2 Å². The van der Waals surface area contributed by atoms with Gasteiger partial charge in [-0.05, 0) is 34.9 Å². The highest BCUT2D eigenvalue weighted by molar-refractivity contribution is 6.33. The van der Waals surface area contributed by atoms with Crippen LogP contribution in [0.4, 0.5) is 0 Å². The lowest BCUT2D eigenvalue weighted by atomic mass is 9.66. The van der Waals surface area contributed by atoms with Gasteiger partial charge < -0.3 is 33.5 Å². The Morgan fingerprint density at radius 1 is 0.935 bits per heavy atom. The fraction of sp³-hybridized carbons (Fsp3) is 0.409. The van der Waals surface area contributed by atoms with E-state index in [0.717, 1.165) is 0 Å². The lowest BCUT2D eigenvalue weighted by Gasteiger charge is -2.37. The van der Waals surface area contributed by atoms with Gasteiger partial charge in [0.1, 0.15) is 0 Å². The highest BCUT2D eigenvalue weighted by Gasteiger charge is 2.53. The molecule has 0 aromatic heterocycles. The number of hydrogen-bond acceptors (Lipinski definition) is 8. The number of hydrogen-bond donors (Lipinski definition) is 1. The molecule has 0 spiro atoms. The first-order valence-electron chi connectivity index (χ1n) is 9.76. The molecule has 31 heavy (non-hydrogen) atoms. The number of rotatable bonds is 4. The minimum atomic E-state index is -0.891. The number of aliphatic hydroxyl groups is 1. The predicted octanol–water partition coefficient (Wildman–Crippen LogP) is 3.06. The Bertz CT molecular complexity index is 1070. The average Bonchev–Trinajstić information content (AvgIpc) is 3.39. The number of methoxy groups -OCH3 is 3. The van der Waals surface area contributed by atoms with E-state index >= 15 is 0 Å². The number of carbonyl (C=O) groups is 1. The van der Waals surface area contributed by atoms with Crippen molar-refractivity contribution in [1.29, 1.82) is 0 Å². The van der Waals surface area contributed by atoms with E-state index in [1.807, 2.05) is 0 Å². The van der Waals surface area contributed by atoms with Gasteiger partial charge in [0.2, 0.25) is 12.5 Å². The number of fused-ring (bicyclic) bond motifs is 3. The van der Waals surface area contributed by atoms with E-state index in [9.17, 15) is 9.90 Å². The zero-order chi connectivity index (χ0) is 21.9. The van der Waals surface area contributed by atoms with E-state index in [2.05, 4.69) is 0 Å². The predicted molar refractivity (Wildman–Crippen MR) is 108 cm³/mol. The van der Waals surface area contributed by atoms with Crippen LogP contribution in [0.25, 0.3) is 0 Å². The molecule has 2 aliphatic heterocycles. The van der Waals surface area contributed by atoms with Gasteiger partial charge in [-0.1, -0.05) is 11.6 Å². The molecule has 0 bridgehead atoms. The highest BCUT2D eigenvalue weighted by atomic mass is 35.5. The average molecular weight is 449 g/mol. The Kier molecular flexibility index (Phi) is 4.79. The second-order valence-electron chi connectivity index (χ2n) is 7.63. The van der Waals surface area contributed by atoms with Crippen LogP contribution >= 0.6 is 11.6 Å². The van der Waals surface area contributed by atoms with Crippen molar-refractivity contribution < 1.29 is 38.3 Å². The highest BCUT2D eigenvalue weighted by Crippen LogP contribution is 2.57. The van der Waals surface area contributed by atoms with Gasteiger partial charge in [-0.15, -0.1) is 0 Å². The smallest absolute Gasteiger partial charge is 0.310 e. The summed E-state index contributed by atoms with van der Waals surface area (Å²) in [6.07, 6.45) is -0.891. The van der Waals surface area contributed by atoms with Gasteiger partial charge in [0.05, 0.1) is 45.0 Å². The Morgan fingerprint density at radius 2 is 1.61 bits per heavy atom. The van der Waals surface area contributed by atoms with Gasteiger partial charge in [-0.2, -0.15) is 0 Å². The maximum absolute atomic E-state index is 12.8. The molecular weight excluding hydrogens is 428 g/mol. The van der Waals surface area contributed by atoms with Gasteiger partial charge in [-0.25, -0.2) is 0 Å². The topological polar surface area (TPSA) is 92.7 Å². The summed E-state index contributed by atoms with van der Waals surface area (Å²) in [5, 5.41) is 11.4. The summed E-state index contributed by atoms with van der Waals surface area (Å²) in [7, 11) is 4.49. The molecule has 1 saturated heterocycles. The molecular formula is C22H21ClO8. The lowest BCUT2D eigenvalue weighted by molar-refractivity contribution is -0.141. The van der Waals surface area contributed by atoms with E-state index in [-0.39, 0.29) is 19.4 Å². The van der Waals surface area contributed by atoms with Crippen molar-refractivity contribution in [2.45, 2.75) is 12.0 Å². The van der Waals surface area contributed by atoms with Crippen LogP contribution in [0, 0.1) is 11.8 Å². The standard InChI is InChI=1S/C22H21ClO8/c1-26-15-6-11(18(23)21(28-3)20(15)27-2)16-9-4-13-14(31-8-30-13)5-10(9)19(24)12-7-29-22(25)17(12)16/h4-6,12,16-17,19,24H,7-8H2,1-3H3/t12-,16-,17-,19+/m0/s1. The molecule has 0 amide bonds. The molecule has 4 atom stereocenters. The third kappa shape index (κ3) is 2.81. The lowest BCUT2D eigenvalue weighted by Crippen LogP contribution is -2.34. The van der Waals surface area contributed by atoms with Crippen molar-refractivity contribution in [2.75, 3.05) is 34.7 Å². The number of carbonyl (C=O) groups excluding carboxylic acids is 1. The molecule has 2 aromatic rings. The quantitative estimate of drug-likeness (QED) is 0.713. The minimum absolute atomic E-state index is 0.0961. The number of halogens is 1. The van der Waals surface area contributed by atoms with Gasteiger partial charge in [0, 0.05) is 11.8 Å². The summed E-state index contributed by atoms with van der Waals surface area (Å²) >= 11 is 6.78. The molecule has 1 aliphatic carbocycles. The molecule has 2 heterocycles. The number of ether oxygens (including phenoxy) is 6. The van der Waals surface area contributed by atoms with E-state index in [4.69, 9.17) is 40.0 Å². The first-order chi connectivity index (χ1) is 15.0. The van der Waals surface area contributed by atoms with Crippen molar-refractivity contribution in [3.63, 3.8) is 0 Å².